The third-order valence-electron chi connectivity index (χ3n) is 2.12. The molecular weight excluding hydrogens is 232 g/mol. The minimum absolute atomic E-state index is 0.106. The van der Waals surface area contributed by atoms with Gasteiger partial charge in [0.1, 0.15) is 6.54 Å². The summed E-state index contributed by atoms with van der Waals surface area (Å²) < 4.78 is 4.72. The van der Waals surface area contributed by atoms with E-state index in [0.29, 0.717) is 6.61 Å². The van der Waals surface area contributed by atoms with Gasteiger partial charge in [0.15, 0.2) is 0 Å². The number of hydrogen-bond acceptors (Lipinski definition) is 3. The molecular formula is C13H26N2O3. The molecule has 0 rings (SSSR count). The number of urea groups is 1. The van der Waals surface area contributed by atoms with E-state index in [4.69, 9.17) is 4.74 Å². The minimum atomic E-state index is -0.429. The molecule has 0 bridgehead atoms. The molecule has 0 saturated carbocycles. The molecule has 5 heteroatoms. The molecule has 0 aliphatic rings. The second-order valence-corrected chi connectivity index (χ2v) is 6.23. The lowest BCUT2D eigenvalue weighted by atomic mass is 9.82. The Balaban J connectivity index is 4.11. The van der Waals surface area contributed by atoms with Crippen LogP contribution >= 0.6 is 0 Å². The van der Waals surface area contributed by atoms with E-state index in [1.165, 1.54) is 0 Å². The fourth-order valence-electron chi connectivity index (χ4n) is 2.09. The minimum Gasteiger partial charge on any atom is -0.465 e. The summed E-state index contributed by atoms with van der Waals surface area (Å²) in [6.45, 7) is 12.2. The standard InChI is InChI=1S/C13H26N2O3/c1-7-18-10(16)8-14-11(17)15-13(5,6)9-12(2,3)4/h7-9H2,1-6H3,(H2,14,15,17). The van der Waals surface area contributed by atoms with Gasteiger partial charge in [0.2, 0.25) is 0 Å². The van der Waals surface area contributed by atoms with E-state index < -0.39 is 5.97 Å². The van der Waals surface area contributed by atoms with Crippen LogP contribution in [0.3, 0.4) is 0 Å². The molecule has 2 N–H and O–H groups in total. The van der Waals surface area contributed by atoms with Crippen molar-refractivity contribution in [3.63, 3.8) is 0 Å². The van der Waals surface area contributed by atoms with Crippen LogP contribution in [0, 0.1) is 5.41 Å². The van der Waals surface area contributed by atoms with Gasteiger partial charge in [0.25, 0.3) is 0 Å². The quantitative estimate of drug-likeness (QED) is 0.742. The molecule has 0 aromatic carbocycles. The molecule has 2 amide bonds. The van der Waals surface area contributed by atoms with Crippen LogP contribution in [0.2, 0.25) is 0 Å². The van der Waals surface area contributed by atoms with Crippen LogP contribution in [0.15, 0.2) is 0 Å². The topological polar surface area (TPSA) is 67.4 Å². The monoisotopic (exact) mass is 258 g/mol. The fraction of sp³-hybridized carbons (Fsp3) is 0.846. The molecule has 0 aromatic heterocycles. The first-order valence-electron chi connectivity index (χ1n) is 6.27. The second kappa shape index (κ2) is 6.61. The molecule has 0 atom stereocenters. The van der Waals surface area contributed by atoms with E-state index in [-0.39, 0.29) is 23.5 Å². The third-order valence-corrected chi connectivity index (χ3v) is 2.12. The average molecular weight is 258 g/mol. The summed E-state index contributed by atoms with van der Waals surface area (Å²) in [5.74, 6) is -0.429. The fourth-order valence-corrected chi connectivity index (χ4v) is 2.09. The van der Waals surface area contributed by atoms with Crippen LogP contribution < -0.4 is 10.6 Å². The summed E-state index contributed by atoms with van der Waals surface area (Å²) in [6, 6.07) is -0.350. The number of ether oxygens (including phenoxy) is 1. The van der Waals surface area contributed by atoms with Crippen LogP contribution in [0.1, 0.15) is 48.0 Å². The van der Waals surface area contributed by atoms with Gasteiger partial charge >= 0.3 is 12.0 Å². The molecule has 0 radical (unpaired) electrons. The van der Waals surface area contributed by atoms with Crippen molar-refractivity contribution in [1.82, 2.24) is 10.6 Å². The number of hydrogen-bond donors (Lipinski definition) is 2. The Hall–Kier alpha value is -1.26. The Bertz CT molecular complexity index is 293. The zero-order valence-corrected chi connectivity index (χ0v) is 12.3. The molecule has 0 aromatic rings. The van der Waals surface area contributed by atoms with Gasteiger partial charge in [-0.25, -0.2) is 4.79 Å². The summed E-state index contributed by atoms with van der Waals surface area (Å²) in [5, 5.41) is 5.34. The van der Waals surface area contributed by atoms with Gasteiger partial charge in [-0.3, -0.25) is 4.79 Å². The molecule has 5 nitrogen and oxygen atoms in total. The molecule has 0 aliphatic heterocycles. The summed E-state index contributed by atoms with van der Waals surface area (Å²) in [5.41, 5.74) is -0.199. The van der Waals surface area contributed by atoms with E-state index >= 15 is 0 Å². The Morgan fingerprint density at radius 2 is 1.67 bits per heavy atom. The highest BCUT2D eigenvalue weighted by Crippen LogP contribution is 2.26. The number of carbonyl (C=O) groups excluding carboxylic acids is 2. The van der Waals surface area contributed by atoms with Crippen LogP contribution in [0.25, 0.3) is 0 Å². The van der Waals surface area contributed by atoms with Gasteiger partial charge in [0, 0.05) is 5.54 Å². The van der Waals surface area contributed by atoms with Crippen molar-refractivity contribution in [2.75, 3.05) is 13.2 Å². The predicted octanol–water partition coefficient (Wildman–Crippen LogP) is 2.06. The Morgan fingerprint density at radius 1 is 1.11 bits per heavy atom. The van der Waals surface area contributed by atoms with Crippen LogP contribution in [0.5, 0.6) is 0 Å². The first-order chi connectivity index (χ1) is 8.06. The van der Waals surface area contributed by atoms with Gasteiger partial charge in [-0.1, -0.05) is 20.8 Å². The van der Waals surface area contributed by atoms with Crippen molar-refractivity contribution in [3.8, 4) is 0 Å². The lowest BCUT2D eigenvalue weighted by Gasteiger charge is -2.33. The van der Waals surface area contributed by atoms with Crippen LogP contribution in [0.4, 0.5) is 4.79 Å². The van der Waals surface area contributed by atoms with Crippen molar-refractivity contribution >= 4 is 12.0 Å². The molecule has 0 heterocycles. The highest BCUT2D eigenvalue weighted by atomic mass is 16.5. The number of carbonyl (C=O) groups is 2. The van der Waals surface area contributed by atoms with Gasteiger partial charge in [-0.2, -0.15) is 0 Å². The van der Waals surface area contributed by atoms with E-state index in [2.05, 4.69) is 31.4 Å². The van der Waals surface area contributed by atoms with Gasteiger partial charge < -0.3 is 15.4 Å². The smallest absolute Gasteiger partial charge is 0.325 e. The average Bonchev–Trinajstić information content (AvgIpc) is 2.10. The van der Waals surface area contributed by atoms with Gasteiger partial charge in [-0.05, 0) is 32.6 Å². The summed E-state index contributed by atoms with van der Waals surface area (Å²) in [6.07, 6.45) is 0.840. The highest BCUT2D eigenvalue weighted by Gasteiger charge is 2.26. The molecule has 0 saturated heterocycles. The largest absolute Gasteiger partial charge is 0.465 e. The Labute approximate surface area is 110 Å². The molecule has 0 fully saturated rings. The van der Waals surface area contributed by atoms with Crippen molar-refractivity contribution < 1.29 is 14.3 Å². The van der Waals surface area contributed by atoms with Crippen LogP contribution in [-0.2, 0) is 9.53 Å². The van der Waals surface area contributed by atoms with Crippen molar-refractivity contribution in [3.05, 3.63) is 0 Å². The lowest BCUT2D eigenvalue weighted by Crippen LogP contribution is -2.50. The summed E-state index contributed by atoms with van der Waals surface area (Å²) in [4.78, 5) is 22.7. The lowest BCUT2D eigenvalue weighted by molar-refractivity contribution is -0.141. The maximum absolute atomic E-state index is 11.6. The van der Waals surface area contributed by atoms with Crippen molar-refractivity contribution in [2.24, 2.45) is 5.41 Å². The number of rotatable bonds is 5. The zero-order valence-electron chi connectivity index (χ0n) is 12.3. The molecule has 106 valence electrons. The van der Waals surface area contributed by atoms with Crippen molar-refractivity contribution in [2.45, 2.75) is 53.5 Å². The SMILES string of the molecule is CCOC(=O)CNC(=O)NC(C)(C)CC(C)(C)C. The van der Waals surface area contributed by atoms with Crippen molar-refractivity contribution in [1.29, 1.82) is 0 Å². The molecule has 0 aliphatic carbocycles. The Morgan fingerprint density at radius 3 is 2.11 bits per heavy atom. The predicted molar refractivity (Wildman–Crippen MR) is 71.3 cm³/mol. The van der Waals surface area contributed by atoms with Crippen LogP contribution in [-0.4, -0.2) is 30.7 Å². The number of esters is 1. The summed E-state index contributed by atoms with van der Waals surface area (Å²) in [7, 11) is 0. The van der Waals surface area contributed by atoms with E-state index in [9.17, 15) is 9.59 Å². The first kappa shape index (κ1) is 16.7. The zero-order chi connectivity index (χ0) is 14.4. The number of nitrogens with one attached hydrogen (secondary N) is 2. The van der Waals surface area contributed by atoms with Gasteiger partial charge in [-0.15, -0.1) is 0 Å². The normalized spacial score (nSPS) is 11.9. The molecule has 18 heavy (non-hydrogen) atoms. The number of amides is 2. The van der Waals surface area contributed by atoms with Gasteiger partial charge in [0.05, 0.1) is 6.61 Å². The van der Waals surface area contributed by atoms with E-state index in [1.54, 1.807) is 6.92 Å². The van der Waals surface area contributed by atoms with E-state index in [0.717, 1.165) is 6.42 Å². The molecule has 0 unspecified atom stereocenters. The third kappa shape index (κ3) is 8.84. The second-order valence-electron chi connectivity index (χ2n) is 6.23. The first-order valence-corrected chi connectivity index (χ1v) is 6.27. The highest BCUT2D eigenvalue weighted by molar-refractivity contribution is 5.81. The summed E-state index contributed by atoms with van der Waals surface area (Å²) >= 11 is 0. The van der Waals surface area contributed by atoms with E-state index in [1.807, 2.05) is 13.8 Å². The molecule has 0 spiro atoms. The maximum atomic E-state index is 11.6. The maximum Gasteiger partial charge on any atom is 0.325 e. The Kier molecular flexibility index (Phi) is 6.15.